The second kappa shape index (κ2) is 5.94. The molecular formula is C15H17ClN6O2. The first kappa shape index (κ1) is 15.2. The third kappa shape index (κ3) is 2.77. The Morgan fingerprint density at radius 2 is 2.29 bits per heavy atom. The van der Waals surface area contributed by atoms with Gasteiger partial charge in [0.2, 0.25) is 11.9 Å². The highest BCUT2D eigenvalue weighted by Gasteiger charge is 2.34. The Kier molecular flexibility index (Phi) is 3.76. The fourth-order valence-electron chi connectivity index (χ4n) is 2.55. The van der Waals surface area contributed by atoms with Crippen molar-refractivity contribution >= 4 is 35.0 Å². The van der Waals surface area contributed by atoms with E-state index in [0.29, 0.717) is 47.2 Å². The molecule has 0 radical (unpaired) electrons. The van der Waals surface area contributed by atoms with Crippen LogP contribution in [0.1, 0.15) is 29.8 Å². The Hall–Kier alpha value is -2.35. The lowest BCUT2D eigenvalue weighted by Crippen LogP contribution is -2.16. The van der Waals surface area contributed by atoms with Gasteiger partial charge in [-0.3, -0.25) is 4.79 Å². The van der Waals surface area contributed by atoms with Crippen LogP contribution >= 0.6 is 11.6 Å². The predicted molar refractivity (Wildman–Crippen MR) is 89.2 cm³/mol. The average molecular weight is 349 g/mol. The van der Waals surface area contributed by atoms with Crippen LogP contribution in [0.2, 0.25) is 5.02 Å². The van der Waals surface area contributed by atoms with Crippen molar-refractivity contribution in [2.45, 2.75) is 26.2 Å². The lowest BCUT2D eigenvalue weighted by molar-refractivity contribution is 0.0865. The lowest BCUT2D eigenvalue weighted by Gasteiger charge is -2.08. The summed E-state index contributed by atoms with van der Waals surface area (Å²) in [5.41, 5.74) is 1.30. The van der Waals surface area contributed by atoms with E-state index in [1.807, 2.05) is 6.92 Å². The van der Waals surface area contributed by atoms with Crippen LogP contribution in [0.4, 0.5) is 17.5 Å². The number of hydrogen-bond acceptors (Lipinski definition) is 7. The minimum atomic E-state index is 0.0110. The second-order valence-electron chi connectivity index (χ2n) is 5.93. The van der Waals surface area contributed by atoms with Gasteiger partial charge in [-0.15, -0.1) is 5.10 Å². The maximum Gasteiger partial charge on any atom is 0.257 e. The standard InChI is InChI=1S/C15H17ClN6O2/c1-8-11-13(21-22(8)14(23)9-3-4-9)24-6-2-5-17-12-10(16)7-18-15(19-11)20-12/h7,9H,2-6H2,1H3,(H2,17,18,19,20). The highest BCUT2D eigenvalue weighted by Crippen LogP contribution is 2.35. The molecule has 24 heavy (non-hydrogen) atoms. The van der Waals surface area contributed by atoms with E-state index in [2.05, 4.69) is 25.7 Å². The molecule has 2 aliphatic rings. The van der Waals surface area contributed by atoms with Crippen LogP contribution < -0.4 is 15.4 Å². The van der Waals surface area contributed by atoms with Gasteiger partial charge in [-0.05, 0) is 26.2 Å². The highest BCUT2D eigenvalue weighted by atomic mass is 35.5. The summed E-state index contributed by atoms with van der Waals surface area (Å²) in [6.07, 6.45) is 4.13. The smallest absolute Gasteiger partial charge is 0.257 e. The zero-order valence-corrected chi connectivity index (χ0v) is 13.9. The molecule has 0 aromatic carbocycles. The molecule has 4 rings (SSSR count). The molecule has 8 nitrogen and oxygen atoms in total. The van der Waals surface area contributed by atoms with Gasteiger partial charge in [-0.1, -0.05) is 11.6 Å². The number of halogens is 1. The van der Waals surface area contributed by atoms with Crippen LogP contribution in [0.25, 0.3) is 0 Å². The molecule has 2 bridgehead atoms. The van der Waals surface area contributed by atoms with Gasteiger partial charge >= 0.3 is 0 Å². The molecule has 126 valence electrons. The predicted octanol–water partition coefficient (Wildman–Crippen LogP) is 2.62. The summed E-state index contributed by atoms with van der Waals surface area (Å²) < 4.78 is 7.19. The summed E-state index contributed by atoms with van der Waals surface area (Å²) in [6.45, 7) is 2.96. The second-order valence-corrected chi connectivity index (χ2v) is 6.34. The number of nitrogens with one attached hydrogen (secondary N) is 2. The van der Waals surface area contributed by atoms with Crippen LogP contribution in [-0.2, 0) is 0 Å². The Bertz CT molecular complexity index is 802. The van der Waals surface area contributed by atoms with E-state index in [-0.39, 0.29) is 11.8 Å². The van der Waals surface area contributed by atoms with Crippen molar-refractivity contribution in [2.75, 3.05) is 23.8 Å². The monoisotopic (exact) mass is 348 g/mol. The lowest BCUT2D eigenvalue weighted by atomic mass is 10.3. The number of anilines is 3. The molecule has 0 spiro atoms. The maximum atomic E-state index is 12.4. The van der Waals surface area contributed by atoms with E-state index in [1.165, 1.54) is 10.9 Å². The number of fused-ring (bicyclic) bond motifs is 3. The largest absolute Gasteiger partial charge is 0.475 e. The van der Waals surface area contributed by atoms with Gasteiger partial charge in [-0.2, -0.15) is 9.67 Å². The molecule has 9 heteroatoms. The molecule has 1 aliphatic heterocycles. The van der Waals surface area contributed by atoms with E-state index in [4.69, 9.17) is 16.3 Å². The number of nitrogens with zero attached hydrogens (tertiary/aromatic N) is 4. The van der Waals surface area contributed by atoms with Crippen molar-refractivity contribution < 1.29 is 9.53 Å². The van der Waals surface area contributed by atoms with Gasteiger partial charge < -0.3 is 15.4 Å². The van der Waals surface area contributed by atoms with Crippen molar-refractivity contribution in [3.05, 3.63) is 16.9 Å². The van der Waals surface area contributed by atoms with Crippen LogP contribution in [-0.4, -0.2) is 38.8 Å². The summed E-state index contributed by atoms with van der Waals surface area (Å²) in [6, 6.07) is 0. The number of aromatic nitrogens is 4. The summed E-state index contributed by atoms with van der Waals surface area (Å²) in [4.78, 5) is 20.9. The minimum Gasteiger partial charge on any atom is -0.475 e. The first-order chi connectivity index (χ1) is 11.6. The Labute approximate surface area is 143 Å². The molecule has 2 aromatic rings. The number of rotatable bonds is 1. The first-order valence-corrected chi connectivity index (χ1v) is 8.31. The van der Waals surface area contributed by atoms with Gasteiger partial charge in [0.1, 0.15) is 10.7 Å². The fraction of sp³-hybridized carbons (Fsp3) is 0.467. The molecular weight excluding hydrogens is 332 g/mol. The average Bonchev–Trinajstić information content (AvgIpc) is 3.37. The number of ether oxygens (including phenoxy) is 1. The highest BCUT2D eigenvalue weighted by molar-refractivity contribution is 6.32. The zero-order chi connectivity index (χ0) is 16.7. The van der Waals surface area contributed by atoms with Crippen molar-refractivity contribution in [2.24, 2.45) is 5.92 Å². The summed E-state index contributed by atoms with van der Waals surface area (Å²) in [5, 5.41) is 11.1. The van der Waals surface area contributed by atoms with Crippen LogP contribution in [0.5, 0.6) is 5.88 Å². The molecule has 0 saturated heterocycles. The van der Waals surface area contributed by atoms with Gasteiger partial charge in [0, 0.05) is 12.5 Å². The van der Waals surface area contributed by atoms with E-state index in [0.717, 1.165) is 19.3 Å². The normalized spacial score (nSPS) is 16.9. The molecule has 2 aromatic heterocycles. The Morgan fingerprint density at radius 3 is 3.08 bits per heavy atom. The van der Waals surface area contributed by atoms with Gasteiger partial charge in [0.25, 0.3) is 5.88 Å². The van der Waals surface area contributed by atoms with Crippen molar-refractivity contribution in [1.82, 2.24) is 19.7 Å². The first-order valence-electron chi connectivity index (χ1n) is 7.93. The Morgan fingerprint density at radius 1 is 1.46 bits per heavy atom. The SMILES string of the molecule is Cc1c2c(nn1C(=O)C1CC1)OCCCNc1nc(ncc1Cl)N2. The quantitative estimate of drug-likeness (QED) is 0.818. The number of carbonyl (C=O) groups excluding carboxylic acids is 1. The van der Waals surface area contributed by atoms with Crippen molar-refractivity contribution in [1.29, 1.82) is 0 Å². The number of hydrogen-bond donors (Lipinski definition) is 2. The minimum absolute atomic E-state index is 0.0110. The van der Waals surface area contributed by atoms with E-state index < -0.39 is 0 Å². The van der Waals surface area contributed by atoms with Crippen LogP contribution in [0, 0.1) is 12.8 Å². The van der Waals surface area contributed by atoms with E-state index >= 15 is 0 Å². The van der Waals surface area contributed by atoms with Crippen LogP contribution in [0.3, 0.4) is 0 Å². The van der Waals surface area contributed by atoms with Crippen LogP contribution in [0.15, 0.2) is 6.20 Å². The Balaban J connectivity index is 1.74. The maximum absolute atomic E-state index is 12.4. The topological polar surface area (TPSA) is 94.0 Å². The molecule has 1 fully saturated rings. The molecule has 0 unspecified atom stereocenters. The summed E-state index contributed by atoms with van der Waals surface area (Å²) in [7, 11) is 0. The molecule has 0 amide bonds. The van der Waals surface area contributed by atoms with Gasteiger partial charge in [-0.25, -0.2) is 4.98 Å². The fourth-order valence-corrected chi connectivity index (χ4v) is 2.71. The molecule has 1 aliphatic carbocycles. The molecule has 2 N–H and O–H groups in total. The van der Waals surface area contributed by atoms with E-state index in [9.17, 15) is 4.79 Å². The number of carbonyl (C=O) groups is 1. The summed E-state index contributed by atoms with van der Waals surface area (Å²) >= 11 is 6.10. The van der Waals surface area contributed by atoms with Gasteiger partial charge in [0.15, 0.2) is 5.82 Å². The van der Waals surface area contributed by atoms with Crippen molar-refractivity contribution in [3.8, 4) is 5.88 Å². The molecule has 1 saturated carbocycles. The summed E-state index contributed by atoms with van der Waals surface area (Å²) in [5.74, 6) is 1.41. The van der Waals surface area contributed by atoms with E-state index in [1.54, 1.807) is 0 Å². The van der Waals surface area contributed by atoms with Crippen molar-refractivity contribution in [3.63, 3.8) is 0 Å². The zero-order valence-electron chi connectivity index (χ0n) is 13.2. The molecule has 3 heterocycles. The van der Waals surface area contributed by atoms with Gasteiger partial charge in [0.05, 0.1) is 18.5 Å². The third-order valence-corrected chi connectivity index (χ3v) is 4.33. The third-order valence-electron chi connectivity index (χ3n) is 4.05. The molecule has 0 atom stereocenters.